The fraction of sp³-hybridized carbons (Fsp3) is 0.294. The summed E-state index contributed by atoms with van der Waals surface area (Å²) in [6.45, 7) is 3.24. The van der Waals surface area contributed by atoms with Crippen LogP contribution in [0.5, 0.6) is 0 Å². The monoisotopic (exact) mass is 330 g/mol. The van der Waals surface area contributed by atoms with Gasteiger partial charge in [-0.15, -0.1) is 0 Å². The van der Waals surface area contributed by atoms with Crippen molar-refractivity contribution in [3.63, 3.8) is 0 Å². The van der Waals surface area contributed by atoms with Crippen LogP contribution >= 0.6 is 15.9 Å². The minimum atomic E-state index is 0.864. The van der Waals surface area contributed by atoms with Crippen LogP contribution in [-0.4, -0.2) is 13.1 Å². The molecule has 0 saturated carbocycles. The van der Waals surface area contributed by atoms with Gasteiger partial charge in [-0.2, -0.15) is 0 Å². The van der Waals surface area contributed by atoms with Gasteiger partial charge >= 0.3 is 0 Å². The van der Waals surface area contributed by atoms with E-state index in [9.17, 15) is 0 Å². The highest BCUT2D eigenvalue weighted by atomic mass is 79.9. The number of halogens is 1. The molecule has 1 aliphatic rings. The Kier molecular flexibility index (Phi) is 4.26. The summed E-state index contributed by atoms with van der Waals surface area (Å²) in [6, 6.07) is 17.0. The van der Waals surface area contributed by atoms with Crippen LogP contribution in [-0.2, 0) is 6.54 Å². The minimum Gasteiger partial charge on any atom is -0.381 e. The fourth-order valence-electron chi connectivity index (χ4n) is 2.72. The number of hydrogen-bond acceptors (Lipinski definition) is 2. The van der Waals surface area contributed by atoms with Crippen molar-refractivity contribution in [3.05, 3.63) is 58.6 Å². The van der Waals surface area contributed by atoms with E-state index in [2.05, 4.69) is 68.6 Å². The summed E-state index contributed by atoms with van der Waals surface area (Å²) >= 11 is 3.51. The van der Waals surface area contributed by atoms with E-state index in [0.717, 1.165) is 16.7 Å². The summed E-state index contributed by atoms with van der Waals surface area (Å²) in [4.78, 5) is 2.50. The van der Waals surface area contributed by atoms with E-state index in [1.807, 2.05) is 6.07 Å². The lowest BCUT2D eigenvalue weighted by Gasteiger charge is -2.21. The average molecular weight is 331 g/mol. The molecule has 0 aromatic heterocycles. The van der Waals surface area contributed by atoms with Crippen LogP contribution in [0.1, 0.15) is 18.4 Å². The second kappa shape index (κ2) is 6.31. The van der Waals surface area contributed by atoms with Crippen LogP contribution in [0.4, 0.5) is 11.4 Å². The van der Waals surface area contributed by atoms with E-state index in [4.69, 9.17) is 0 Å². The number of nitrogens with zero attached hydrogens (tertiary/aromatic N) is 1. The maximum atomic E-state index is 3.51. The number of anilines is 2. The molecule has 0 spiro atoms. The largest absolute Gasteiger partial charge is 0.381 e. The van der Waals surface area contributed by atoms with Gasteiger partial charge in [0, 0.05) is 35.5 Å². The standard InChI is InChI=1S/C17H19BrN2/c18-15-7-5-8-16(12-15)19-13-14-6-1-2-9-17(14)20-10-3-4-11-20/h1-2,5-9,12,19H,3-4,10-11,13H2. The summed E-state index contributed by atoms with van der Waals surface area (Å²) in [5, 5.41) is 3.51. The number of benzene rings is 2. The Bertz CT molecular complexity index is 577. The van der Waals surface area contributed by atoms with Gasteiger partial charge in [0.25, 0.3) is 0 Å². The molecule has 0 atom stereocenters. The third kappa shape index (κ3) is 3.15. The molecule has 1 N–H and O–H groups in total. The van der Waals surface area contributed by atoms with Crippen LogP contribution in [0, 0.1) is 0 Å². The zero-order valence-electron chi connectivity index (χ0n) is 11.5. The van der Waals surface area contributed by atoms with E-state index >= 15 is 0 Å². The van der Waals surface area contributed by atoms with E-state index in [1.54, 1.807) is 0 Å². The van der Waals surface area contributed by atoms with Gasteiger partial charge in [0.05, 0.1) is 0 Å². The first-order valence-electron chi connectivity index (χ1n) is 7.15. The molecule has 3 heteroatoms. The highest BCUT2D eigenvalue weighted by Crippen LogP contribution is 2.25. The molecule has 1 aliphatic heterocycles. The van der Waals surface area contributed by atoms with Gasteiger partial charge in [-0.05, 0) is 42.7 Å². The Labute approximate surface area is 128 Å². The van der Waals surface area contributed by atoms with Crippen molar-refractivity contribution < 1.29 is 0 Å². The Morgan fingerprint density at radius 1 is 1.00 bits per heavy atom. The molecule has 0 bridgehead atoms. The number of nitrogens with one attached hydrogen (secondary N) is 1. The van der Waals surface area contributed by atoms with Gasteiger partial charge in [-0.3, -0.25) is 0 Å². The van der Waals surface area contributed by atoms with E-state index in [-0.39, 0.29) is 0 Å². The van der Waals surface area contributed by atoms with Gasteiger partial charge in [0.2, 0.25) is 0 Å². The first kappa shape index (κ1) is 13.5. The van der Waals surface area contributed by atoms with Crippen molar-refractivity contribution in [2.45, 2.75) is 19.4 Å². The van der Waals surface area contributed by atoms with Crippen molar-refractivity contribution in [2.75, 3.05) is 23.3 Å². The molecular formula is C17H19BrN2. The van der Waals surface area contributed by atoms with Crippen LogP contribution in [0.3, 0.4) is 0 Å². The molecule has 3 rings (SSSR count). The van der Waals surface area contributed by atoms with E-state index < -0.39 is 0 Å². The molecule has 0 unspecified atom stereocenters. The Hall–Kier alpha value is -1.48. The predicted octanol–water partition coefficient (Wildman–Crippen LogP) is 4.66. The van der Waals surface area contributed by atoms with E-state index in [0.29, 0.717) is 0 Å². The second-order valence-electron chi connectivity index (χ2n) is 5.19. The zero-order chi connectivity index (χ0) is 13.8. The quantitative estimate of drug-likeness (QED) is 0.876. The van der Waals surface area contributed by atoms with Crippen molar-refractivity contribution in [3.8, 4) is 0 Å². The molecule has 1 heterocycles. The lowest BCUT2D eigenvalue weighted by molar-refractivity contribution is 0.949. The highest BCUT2D eigenvalue weighted by Gasteiger charge is 2.14. The number of para-hydroxylation sites is 1. The van der Waals surface area contributed by atoms with Crippen LogP contribution in [0.15, 0.2) is 53.0 Å². The molecule has 1 fully saturated rings. The molecule has 2 nitrogen and oxygen atoms in total. The van der Waals surface area contributed by atoms with Gasteiger partial charge in [-0.25, -0.2) is 0 Å². The van der Waals surface area contributed by atoms with Crippen molar-refractivity contribution in [1.29, 1.82) is 0 Å². The van der Waals surface area contributed by atoms with Crippen molar-refractivity contribution in [2.24, 2.45) is 0 Å². The molecule has 0 aliphatic carbocycles. The summed E-state index contributed by atoms with van der Waals surface area (Å²) in [5.74, 6) is 0. The zero-order valence-corrected chi connectivity index (χ0v) is 13.1. The van der Waals surface area contributed by atoms with Gasteiger partial charge in [-0.1, -0.05) is 40.2 Å². The number of rotatable bonds is 4. The smallest absolute Gasteiger partial charge is 0.0421 e. The Morgan fingerprint density at radius 2 is 1.80 bits per heavy atom. The topological polar surface area (TPSA) is 15.3 Å². The summed E-state index contributed by atoms with van der Waals surface area (Å²) in [5.41, 5.74) is 3.90. The van der Waals surface area contributed by atoms with Crippen molar-refractivity contribution in [1.82, 2.24) is 0 Å². The first-order chi connectivity index (χ1) is 9.83. The molecule has 104 valence electrons. The fourth-order valence-corrected chi connectivity index (χ4v) is 3.12. The first-order valence-corrected chi connectivity index (χ1v) is 7.94. The SMILES string of the molecule is Brc1cccc(NCc2ccccc2N2CCCC2)c1. The molecule has 0 radical (unpaired) electrons. The third-order valence-corrected chi connectivity index (χ3v) is 4.24. The highest BCUT2D eigenvalue weighted by molar-refractivity contribution is 9.10. The van der Waals surface area contributed by atoms with Crippen LogP contribution in [0.2, 0.25) is 0 Å². The molecule has 20 heavy (non-hydrogen) atoms. The van der Waals surface area contributed by atoms with Crippen LogP contribution < -0.4 is 10.2 Å². The van der Waals surface area contributed by atoms with Gasteiger partial charge < -0.3 is 10.2 Å². The molecule has 1 saturated heterocycles. The van der Waals surface area contributed by atoms with Crippen molar-refractivity contribution >= 4 is 27.3 Å². The minimum absolute atomic E-state index is 0.864. The summed E-state index contributed by atoms with van der Waals surface area (Å²) in [7, 11) is 0. The lowest BCUT2D eigenvalue weighted by atomic mass is 10.1. The molecule has 0 amide bonds. The summed E-state index contributed by atoms with van der Waals surface area (Å²) in [6.07, 6.45) is 2.63. The maximum absolute atomic E-state index is 3.51. The van der Waals surface area contributed by atoms with Gasteiger partial charge in [0.1, 0.15) is 0 Å². The predicted molar refractivity (Wildman–Crippen MR) is 89.4 cm³/mol. The van der Waals surface area contributed by atoms with Gasteiger partial charge in [0.15, 0.2) is 0 Å². The lowest BCUT2D eigenvalue weighted by Crippen LogP contribution is -2.19. The number of hydrogen-bond donors (Lipinski definition) is 1. The Morgan fingerprint density at radius 3 is 2.60 bits per heavy atom. The normalized spacial score (nSPS) is 14.6. The van der Waals surface area contributed by atoms with Crippen LogP contribution in [0.25, 0.3) is 0 Å². The molecule has 2 aromatic rings. The van der Waals surface area contributed by atoms with E-state index in [1.165, 1.54) is 37.2 Å². The molecule has 2 aromatic carbocycles. The Balaban J connectivity index is 1.74. The average Bonchev–Trinajstić information content (AvgIpc) is 3.00. The second-order valence-corrected chi connectivity index (χ2v) is 6.10. The third-order valence-electron chi connectivity index (χ3n) is 3.75. The molecular weight excluding hydrogens is 312 g/mol. The summed E-state index contributed by atoms with van der Waals surface area (Å²) < 4.78 is 1.11. The maximum Gasteiger partial charge on any atom is 0.0421 e.